The highest BCUT2D eigenvalue weighted by atomic mass is 16.5. The fourth-order valence-electron chi connectivity index (χ4n) is 1.91. The van der Waals surface area contributed by atoms with Gasteiger partial charge in [0, 0.05) is 25.0 Å². The highest BCUT2D eigenvalue weighted by Gasteiger charge is 2.17. The Labute approximate surface area is 107 Å². The van der Waals surface area contributed by atoms with Gasteiger partial charge in [-0.05, 0) is 19.9 Å². The molecule has 2 N–H and O–H groups in total. The van der Waals surface area contributed by atoms with Gasteiger partial charge in [0.1, 0.15) is 11.6 Å². The van der Waals surface area contributed by atoms with Gasteiger partial charge in [0.25, 0.3) is 0 Å². The Balaban J connectivity index is 2.36. The molecular formula is C14H19N3O. The molecule has 0 aliphatic rings. The van der Waals surface area contributed by atoms with E-state index in [9.17, 15) is 0 Å². The van der Waals surface area contributed by atoms with Crippen molar-refractivity contribution in [3.63, 3.8) is 0 Å². The Morgan fingerprint density at radius 1 is 1.28 bits per heavy atom. The van der Waals surface area contributed by atoms with Gasteiger partial charge in [0.15, 0.2) is 0 Å². The van der Waals surface area contributed by atoms with E-state index in [0.29, 0.717) is 0 Å². The second kappa shape index (κ2) is 5.23. The van der Waals surface area contributed by atoms with Crippen molar-refractivity contribution < 1.29 is 4.74 Å². The largest absolute Gasteiger partial charge is 0.491 e. The minimum atomic E-state index is -0.278. The molecule has 18 heavy (non-hydrogen) atoms. The van der Waals surface area contributed by atoms with Crippen molar-refractivity contribution in [1.29, 1.82) is 0 Å². The maximum Gasteiger partial charge on any atom is 0.130 e. The van der Waals surface area contributed by atoms with E-state index in [0.717, 1.165) is 17.1 Å². The molecule has 0 saturated carbocycles. The van der Waals surface area contributed by atoms with E-state index >= 15 is 0 Å². The SMILES string of the molecule is CC(C)Oc1ccccc1C(N)c1nccn1C. The zero-order chi connectivity index (χ0) is 13.1. The van der Waals surface area contributed by atoms with Crippen molar-refractivity contribution in [3.8, 4) is 5.75 Å². The van der Waals surface area contributed by atoms with Gasteiger partial charge < -0.3 is 15.0 Å². The average molecular weight is 245 g/mol. The van der Waals surface area contributed by atoms with E-state index in [1.54, 1.807) is 6.20 Å². The van der Waals surface area contributed by atoms with Crippen LogP contribution in [0.25, 0.3) is 0 Å². The first kappa shape index (κ1) is 12.6. The average Bonchev–Trinajstić information content (AvgIpc) is 2.74. The topological polar surface area (TPSA) is 53.1 Å². The fraction of sp³-hybridized carbons (Fsp3) is 0.357. The summed E-state index contributed by atoms with van der Waals surface area (Å²) < 4.78 is 7.71. The van der Waals surface area contributed by atoms with Crippen molar-refractivity contribution in [2.75, 3.05) is 0 Å². The number of hydrogen-bond donors (Lipinski definition) is 1. The van der Waals surface area contributed by atoms with Gasteiger partial charge in [-0.25, -0.2) is 4.98 Å². The third-order valence-corrected chi connectivity index (χ3v) is 2.75. The molecule has 1 atom stereocenters. The number of ether oxygens (including phenoxy) is 1. The lowest BCUT2D eigenvalue weighted by Crippen LogP contribution is -2.18. The van der Waals surface area contributed by atoms with Crippen molar-refractivity contribution in [3.05, 3.63) is 48.0 Å². The molecule has 2 aromatic rings. The molecule has 96 valence electrons. The smallest absolute Gasteiger partial charge is 0.130 e. The van der Waals surface area contributed by atoms with Crippen LogP contribution in [-0.2, 0) is 7.05 Å². The Morgan fingerprint density at radius 2 is 2.00 bits per heavy atom. The number of benzene rings is 1. The summed E-state index contributed by atoms with van der Waals surface area (Å²) in [5.41, 5.74) is 7.23. The van der Waals surface area contributed by atoms with Crippen LogP contribution in [0.4, 0.5) is 0 Å². The van der Waals surface area contributed by atoms with Crippen molar-refractivity contribution >= 4 is 0 Å². The first-order valence-electron chi connectivity index (χ1n) is 6.08. The molecule has 0 bridgehead atoms. The molecular weight excluding hydrogens is 226 g/mol. The van der Waals surface area contributed by atoms with Crippen LogP contribution in [0, 0.1) is 0 Å². The first-order valence-corrected chi connectivity index (χ1v) is 6.08. The third-order valence-electron chi connectivity index (χ3n) is 2.75. The van der Waals surface area contributed by atoms with Crippen molar-refractivity contribution in [2.45, 2.75) is 26.0 Å². The summed E-state index contributed by atoms with van der Waals surface area (Å²) in [6, 6.07) is 7.56. The monoisotopic (exact) mass is 245 g/mol. The summed E-state index contributed by atoms with van der Waals surface area (Å²) in [5.74, 6) is 1.65. The molecule has 1 unspecified atom stereocenters. The molecule has 0 fully saturated rings. The standard InChI is InChI=1S/C14H19N3O/c1-10(2)18-12-7-5-4-6-11(12)13(15)14-16-8-9-17(14)3/h4-10,13H,15H2,1-3H3. The van der Waals surface area contributed by atoms with Gasteiger partial charge in [-0.2, -0.15) is 0 Å². The highest BCUT2D eigenvalue weighted by Crippen LogP contribution is 2.27. The number of aromatic nitrogens is 2. The second-order valence-corrected chi connectivity index (χ2v) is 4.58. The van der Waals surface area contributed by atoms with Gasteiger partial charge in [-0.3, -0.25) is 0 Å². The number of hydrogen-bond acceptors (Lipinski definition) is 3. The van der Waals surface area contributed by atoms with Gasteiger partial charge in [0.2, 0.25) is 0 Å². The lowest BCUT2D eigenvalue weighted by molar-refractivity contribution is 0.239. The predicted octanol–water partition coefficient (Wildman–Crippen LogP) is 2.26. The highest BCUT2D eigenvalue weighted by molar-refractivity contribution is 5.38. The summed E-state index contributed by atoms with van der Waals surface area (Å²) in [6.07, 6.45) is 3.77. The van der Waals surface area contributed by atoms with Crippen molar-refractivity contribution in [2.24, 2.45) is 12.8 Å². The summed E-state index contributed by atoms with van der Waals surface area (Å²) in [6.45, 7) is 4.01. The van der Waals surface area contributed by atoms with Crippen LogP contribution in [0.15, 0.2) is 36.7 Å². The maximum atomic E-state index is 6.27. The molecule has 1 heterocycles. The molecule has 0 amide bonds. The minimum Gasteiger partial charge on any atom is -0.491 e. The lowest BCUT2D eigenvalue weighted by atomic mass is 10.1. The second-order valence-electron chi connectivity index (χ2n) is 4.58. The van der Waals surface area contributed by atoms with Crippen LogP contribution in [0.2, 0.25) is 0 Å². The van der Waals surface area contributed by atoms with Gasteiger partial charge >= 0.3 is 0 Å². The third kappa shape index (κ3) is 2.54. The molecule has 1 aromatic heterocycles. The van der Waals surface area contributed by atoms with Crippen molar-refractivity contribution in [1.82, 2.24) is 9.55 Å². The first-order chi connectivity index (χ1) is 8.59. The zero-order valence-electron chi connectivity index (χ0n) is 11.0. The molecule has 0 aliphatic heterocycles. The van der Waals surface area contributed by atoms with Crippen LogP contribution in [0.3, 0.4) is 0 Å². The van der Waals surface area contributed by atoms with Crippen LogP contribution < -0.4 is 10.5 Å². The van der Waals surface area contributed by atoms with Crippen LogP contribution >= 0.6 is 0 Å². The van der Waals surface area contributed by atoms with Crippen LogP contribution in [0.5, 0.6) is 5.75 Å². The molecule has 2 rings (SSSR count). The van der Waals surface area contributed by atoms with E-state index in [2.05, 4.69) is 4.98 Å². The van der Waals surface area contributed by atoms with E-state index < -0.39 is 0 Å². The minimum absolute atomic E-state index is 0.125. The molecule has 1 aromatic carbocycles. The Kier molecular flexibility index (Phi) is 3.67. The number of nitrogens with zero attached hydrogens (tertiary/aromatic N) is 2. The molecule has 0 saturated heterocycles. The number of para-hydroxylation sites is 1. The lowest BCUT2D eigenvalue weighted by Gasteiger charge is -2.18. The van der Waals surface area contributed by atoms with Crippen LogP contribution in [-0.4, -0.2) is 15.7 Å². The summed E-state index contributed by atoms with van der Waals surface area (Å²) in [5, 5.41) is 0. The number of rotatable bonds is 4. The Hall–Kier alpha value is -1.81. The van der Waals surface area contributed by atoms with E-state index in [-0.39, 0.29) is 12.1 Å². The number of aryl methyl sites for hydroxylation is 1. The van der Waals surface area contributed by atoms with E-state index in [1.807, 2.05) is 55.9 Å². The number of imidazole rings is 1. The molecule has 4 nitrogen and oxygen atoms in total. The van der Waals surface area contributed by atoms with Crippen LogP contribution in [0.1, 0.15) is 31.3 Å². The zero-order valence-corrected chi connectivity index (χ0v) is 11.0. The predicted molar refractivity (Wildman–Crippen MR) is 71.4 cm³/mol. The maximum absolute atomic E-state index is 6.27. The molecule has 0 aliphatic carbocycles. The molecule has 0 radical (unpaired) electrons. The number of nitrogens with two attached hydrogens (primary N) is 1. The van der Waals surface area contributed by atoms with E-state index in [4.69, 9.17) is 10.5 Å². The molecule has 0 spiro atoms. The summed E-state index contributed by atoms with van der Waals surface area (Å²) >= 11 is 0. The van der Waals surface area contributed by atoms with Gasteiger partial charge in [-0.15, -0.1) is 0 Å². The summed E-state index contributed by atoms with van der Waals surface area (Å²) in [7, 11) is 1.94. The Bertz CT molecular complexity index is 519. The molecule has 4 heteroatoms. The fourth-order valence-corrected chi connectivity index (χ4v) is 1.91. The van der Waals surface area contributed by atoms with E-state index in [1.165, 1.54) is 0 Å². The summed E-state index contributed by atoms with van der Waals surface area (Å²) in [4.78, 5) is 4.29. The Morgan fingerprint density at radius 3 is 2.61 bits per heavy atom. The normalized spacial score (nSPS) is 12.7. The van der Waals surface area contributed by atoms with Gasteiger partial charge in [-0.1, -0.05) is 18.2 Å². The quantitative estimate of drug-likeness (QED) is 0.899. The van der Waals surface area contributed by atoms with Gasteiger partial charge in [0.05, 0.1) is 12.1 Å².